The topological polar surface area (TPSA) is 56.5 Å². The Kier molecular flexibility index (Phi) is 6.47. The molecule has 5 aromatic rings. The zero-order valence-electron chi connectivity index (χ0n) is 22.1. The number of nitrogens with zero attached hydrogens (tertiary/aromatic N) is 3. The number of hydrogen-bond acceptors (Lipinski definition) is 5. The molecule has 0 radical (unpaired) electrons. The fourth-order valence-corrected chi connectivity index (χ4v) is 6.07. The van der Waals surface area contributed by atoms with E-state index in [2.05, 4.69) is 27.6 Å². The molecule has 7 heteroatoms. The molecule has 37 heavy (non-hydrogen) atoms. The molecule has 0 aliphatic rings. The predicted octanol–water partition coefficient (Wildman–Crippen LogP) is 8.30. The minimum atomic E-state index is -0.700. The van der Waals surface area contributed by atoms with E-state index < -0.39 is 11.7 Å². The minimum absolute atomic E-state index is 0.0330. The van der Waals surface area contributed by atoms with Gasteiger partial charge in [0, 0.05) is 27.9 Å². The number of aromatic nitrogens is 3. The molecule has 5 rings (SSSR count). The molecule has 0 aliphatic heterocycles. The van der Waals surface area contributed by atoms with Gasteiger partial charge in [-0.2, -0.15) is 0 Å². The highest BCUT2D eigenvalue weighted by Gasteiger charge is 2.30. The van der Waals surface area contributed by atoms with E-state index in [1.54, 1.807) is 18.3 Å². The van der Waals surface area contributed by atoms with Gasteiger partial charge >= 0.3 is 0 Å². The van der Waals surface area contributed by atoms with Crippen molar-refractivity contribution in [3.8, 4) is 21.7 Å². The molecule has 0 saturated heterocycles. The summed E-state index contributed by atoms with van der Waals surface area (Å²) < 4.78 is 9.46. The Labute approximate surface area is 226 Å². The van der Waals surface area contributed by atoms with E-state index in [-0.39, 0.29) is 5.78 Å². The summed E-state index contributed by atoms with van der Waals surface area (Å²) in [6.45, 7) is 13.6. The maximum atomic E-state index is 13.0. The van der Waals surface area contributed by atoms with Crippen LogP contribution < -0.4 is 0 Å². The summed E-state index contributed by atoms with van der Waals surface area (Å²) in [6.07, 6.45) is 1.35. The van der Waals surface area contributed by atoms with Gasteiger partial charge in [-0.05, 0) is 89.9 Å². The van der Waals surface area contributed by atoms with Crippen LogP contribution in [0.5, 0.6) is 0 Å². The molecule has 5 nitrogen and oxygen atoms in total. The number of halogens is 1. The highest BCUT2D eigenvalue weighted by atomic mass is 35.5. The summed E-state index contributed by atoms with van der Waals surface area (Å²) in [7, 11) is 0. The number of ketones is 1. The molecular formula is C30H30ClN3O2S. The van der Waals surface area contributed by atoms with E-state index in [0.717, 1.165) is 60.1 Å². The van der Waals surface area contributed by atoms with Crippen molar-refractivity contribution in [1.29, 1.82) is 0 Å². The fourth-order valence-electron chi connectivity index (χ4n) is 4.82. The van der Waals surface area contributed by atoms with E-state index in [0.29, 0.717) is 5.02 Å². The first-order valence-electron chi connectivity index (χ1n) is 12.3. The van der Waals surface area contributed by atoms with Gasteiger partial charge in [0.15, 0.2) is 5.78 Å². The fraction of sp³-hybridized carbons (Fsp3) is 0.300. The maximum Gasteiger partial charge on any atom is 0.163 e. The van der Waals surface area contributed by atoms with Gasteiger partial charge < -0.3 is 9.14 Å². The summed E-state index contributed by atoms with van der Waals surface area (Å²) in [5.41, 5.74) is 7.29. The van der Waals surface area contributed by atoms with Crippen LogP contribution in [0.4, 0.5) is 0 Å². The SMILES string of the molecule is CC(=O)[C@@H](OC(C)(C)C)c1c(C)cc2nc(-c3ccn4c(C)nc(C)c4c3)sc2c1-c1ccc(Cl)cc1. The summed E-state index contributed by atoms with van der Waals surface area (Å²) in [5.74, 6) is 0.928. The zero-order chi connectivity index (χ0) is 26.6. The molecule has 0 N–H and O–H groups in total. The third kappa shape index (κ3) is 4.81. The van der Waals surface area contributed by atoms with E-state index in [1.807, 2.05) is 72.0 Å². The van der Waals surface area contributed by atoms with Crippen molar-refractivity contribution in [3.05, 3.63) is 76.3 Å². The van der Waals surface area contributed by atoms with Crippen LogP contribution in [0.15, 0.2) is 48.7 Å². The van der Waals surface area contributed by atoms with Crippen LogP contribution in [0.3, 0.4) is 0 Å². The molecule has 0 spiro atoms. The van der Waals surface area contributed by atoms with Crippen LogP contribution in [-0.2, 0) is 9.53 Å². The van der Waals surface area contributed by atoms with Crippen molar-refractivity contribution in [3.63, 3.8) is 0 Å². The van der Waals surface area contributed by atoms with E-state index in [4.69, 9.17) is 21.3 Å². The van der Waals surface area contributed by atoms with E-state index in [9.17, 15) is 4.79 Å². The van der Waals surface area contributed by atoms with Crippen molar-refractivity contribution < 1.29 is 9.53 Å². The summed E-state index contributed by atoms with van der Waals surface area (Å²) in [6, 6.07) is 14.0. The Balaban J connectivity index is 1.78. The number of carbonyl (C=O) groups is 1. The van der Waals surface area contributed by atoms with Gasteiger partial charge in [0.2, 0.25) is 0 Å². The number of pyridine rings is 1. The van der Waals surface area contributed by atoms with Crippen molar-refractivity contribution in [2.75, 3.05) is 0 Å². The Morgan fingerprint density at radius 3 is 2.38 bits per heavy atom. The molecule has 0 bridgehead atoms. The average molecular weight is 532 g/mol. The number of aryl methyl sites for hydroxylation is 3. The number of hydrogen-bond donors (Lipinski definition) is 0. The molecule has 0 amide bonds. The first kappa shape index (κ1) is 25.6. The molecule has 0 unspecified atom stereocenters. The molecule has 0 aliphatic carbocycles. The summed E-state index contributed by atoms with van der Waals surface area (Å²) in [5, 5.41) is 1.58. The van der Waals surface area contributed by atoms with Crippen molar-refractivity contribution >= 4 is 44.5 Å². The Morgan fingerprint density at radius 1 is 1.03 bits per heavy atom. The highest BCUT2D eigenvalue weighted by Crippen LogP contribution is 2.44. The molecule has 0 saturated carbocycles. The second-order valence-corrected chi connectivity index (χ2v) is 11.9. The van der Waals surface area contributed by atoms with Crippen LogP contribution in [0.2, 0.25) is 5.02 Å². The van der Waals surface area contributed by atoms with Crippen LogP contribution in [0, 0.1) is 20.8 Å². The van der Waals surface area contributed by atoms with Crippen LogP contribution in [0.25, 0.3) is 37.4 Å². The third-order valence-corrected chi connectivity index (χ3v) is 7.80. The van der Waals surface area contributed by atoms with E-state index >= 15 is 0 Å². The highest BCUT2D eigenvalue weighted by molar-refractivity contribution is 7.22. The second-order valence-electron chi connectivity index (χ2n) is 10.5. The molecule has 1 atom stereocenters. The Morgan fingerprint density at radius 2 is 1.73 bits per heavy atom. The molecule has 3 aromatic heterocycles. The zero-order valence-corrected chi connectivity index (χ0v) is 23.7. The second kappa shape index (κ2) is 9.35. The van der Waals surface area contributed by atoms with Gasteiger partial charge in [-0.3, -0.25) is 4.79 Å². The van der Waals surface area contributed by atoms with E-state index in [1.165, 1.54) is 0 Å². The Hall–Kier alpha value is -3.06. The number of imidazole rings is 1. The Bertz CT molecular complexity index is 1660. The quantitative estimate of drug-likeness (QED) is 0.229. The van der Waals surface area contributed by atoms with Gasteiger partial charge in [-0.15, -0.1) is 11.3 Å². The predicted molar refractivity (Wildman–Crippen MR) is 153 cm³/mol. The normalized spacial score (nSPS) is 13.0. The third-order valence-electron chi connectivity index (χ3n) is 6.41. The monoisotopic (exact) mass is 531 g/mol. The summed E-state index contributed by atoms with van der Waals surface area (Å²) >= 11 is 7.87. The average Bonchev–Trinajstić information content (AvgIpc) is 3.37. The minimum Gasteiger partial charge on any atom is -0.360 e. The lowest BCUT2D eigenvalue weighted by Gasteiger charge is -2.29. The summed E-state index contributed by atoms with van der Waals surface area (Å²) in [4.78, 5) is 22.6. The van der Waals surface area contributed by atoms with Gasteiger partial charge in [0.25, 0.3) is 0 Å². The largest absolute Gasteiger partial charge is 0.360 e. The number of thiazole rings is 1. The van der Waals surface area contributed by atoms with Gasteiger partial charge in [-0.25, -0.2) is 9.97 Å². The molecule has 3 heterocycles. The van der Waals surface area contributed by atoms with Gasteiger partial charge in [0.05, 0.1) is 27.0 Å². The number of ether oxygens (including phenoxy) is 1. The number of fused-ring (bicyclic) bond motifs is 2. The molecule has 2 aromatic carbocycles. The molecular weight excluding hydrogens is 502 g/mol. The maximum absolute atomic E-state index is 13.0. The van der Waals surface area contributed by atoms with Crippen molar-refractivity contribution in [1.82, 2.24) is 14.4 Å². The molecule has 0 fully saturated rings. The lowest BCUT2D eigenvalue weighted by Crippen LogP contribution is -2.27. The first-order chi connectivity index (χ1) is 17.4. The number of rotatable bonds is 5. The van der Waals surface area contributed by atoms with Gasteiger partial charge in [0.1, 0.15) is 16.9 Å². The lowest BCUT2D eigenvalue weighted by atomic mass is 9.90. The van der Waals surface area contributed by atoms with Crippen LogP contribution in [0.1, 0.15) is 56.4 Å². The van der Waals surface area contributed by atoms with Crippen LogP contribution >= 0.6 is 22.9 Å². The van der Waals surface area contributed by atoms with Crippen molar-refractivity contribution in [2.45, 2.75) is 60.2 Å². The number of Topliss-reactive ketones (excluding diaryl/α,β-unsaturated/α-hetero) is 1. The number of carbonyl (C=O) groups excluding carboxylic acids is 1. The smallest absolute Gasteiger partial charge is 0.163 e. The van der Waals surface area contributed by atoms with Gasteiger partial charge in [-0.1, -0.05) is 23.7 Å². The lowest BCUT2D eigenvalue weighted by molar-refractivity contribution is -0.138. The standard InChI is InChI=1S/C30H30ClN3O2S/c1-16-14-23-28(37-29(33-23)21-12-13-34-19(4)32-17(2)24(34)15-21)26(20-8-10-22(31)11-9-20)25(16)27(18(3)35)36-30(5,6)7/h8-15,27H,1-7H3/t27-/m1/s1. The number of benzene rings is 2. The van der Waals surface area contributed by atoms with Crippen LogP contribution in [-0.4, -0.2) is 25.8 Å². The first-order valence-corrected chi connectivity index (χ1v) is 13.5. The van der Waals surface area contributed by atoms with Crippen molar-refractivity contribution in [2.24, 2.45) is 0 Å². The molecule has 190 valence electrons.